The lowest BCUT2D eigenvalue weighted by Crippen LogP contribution is -2.34. The van der Waals surface area contributed by atoms with Gasteiger partial charge in [0.2, 0.25) is 0 Å². The fraction of sp³-hybridized carbons (Fsp3) is 0.621. The van der Waals surface area contributed by atoms with Crippen LogP contribution in [0.1, 0.15) is 86.6 Å². The number of nitrogen functional groups attached to an aromatic ring is 1. The van der Waals surface area contributed by atoms with Crippen LogP contribution in [0.4, 0.5) is 11.4 Å². The van der Waals surface area contributed by atoms with Gasteiger partial charge >= 0.3 is 5.97 Å². The molecule has 0 heterocycles. The zero-order valence-corrected chi connectivity index (χ0v) is 22.5. The highest BCUT2D eigenvalue weighted by molar-refractivity contribution is 5.84. The van der Waals surface area contributed by atoms with Gasteiger partial charge in [0.15, 0.2) is 0 Å². The molecule has 0 saturated heterocycles. The van der Waals surface area contributed by atoms with Gasteiger partial charge < -0.3 is 15.8 Å². The van der Waals surface area contributed by atoms with Gasteiger partial charge in [-0.05, 0) is 49.3 Å². The molecule has 0 radical (unpaired) electrons. The quantitative estimate of drug-likeness (QED) is 0.343. The molecule has 0 aromatic heterocycles. The summed E-state index contributed by atoms with van der Waals surface area (Å²) in [6, 6.07) is 5.93. The first kappa shape index (κ1) is 28.8. The lowest BCUT2D eigenvalue weighted by atomic mass is 9.76. The molecule has 0 spiro atoms. The summed E-state index contributed by atoms with van der Waals surface area (Å²) in [5.74, 6) is 1.13. The average Bonchev–Trinajstić information content (AvgIpc) is 3.42. The normalized spacial score (nSPS) is 20.5. The van der Waals surface area contributed by atoms with E-state index in [1.54, 1.807) is 0 Å². The highest BCUT2D eigenvalue weighted by atomic mass is 16.5. The summed E-state index contributed by atoms with van der Waals surface area (Å²) in [6.45, 7) is 18.2. The Morgan fingerprint density at radius 1 is 1.15 bits per heavy atom. The predicted octanol–water partition coefficient (Wildman–Crippen LogP) is 7.51. The maximum Gasteiger partial charge on any atom is 0.316 e. The van der Waals surface area contributed by atoms with E-state index in [1.807, 2.05) is 32.0 Å². The standard InChI is InChI=1S/C17H26N2O2.C10H16.C2H6/c1-12(2)11-19-15-7-6-13(10-14(15)18)17(16(20)21-3)8-4-5-9-17;1-8(2)10(4)7-5-6-9(10)3;1-2/h6-7,10,12,19H,4-5,8-9,11,18H2,1-3H3;5-8H,1-4H3;1-2H3. The average molecular weight is 457 g/mol. The second kappa shape index (κ2) is 12.9. The third-order valence-electron chi connectivity index (χ3n) is 7.18. The van der Waals surface area contributed by atoms with E-state index >= 15 is 0 Å². The molecule has 33 heavy (non-hydrogen) atoms. The van der Waals surface area contributed by atoms with E-state index in [0.29, 0.717) is 22.9 Å². The van der Waals surface area contributed by atoms with Crippen LogP contribution in [-0.2, 0) is 14.9 Å². The highest BCUT2D eigenvalue weighted by Crippen LogP contribution is 2.43. The number of hydrogen-bond donors (Lipinski definition) is 2. The smallest absolute Gasteiger partial charge is 0.316 e. The minimum Gasteiger partial charge on any atom is -0.468 e. The first-order valence-electron chi connectivity index (χ1n) is 12.7. The molecule has 0 aliphatic heterocycles. The lowest BCUT2D eigenvalue weighted by molar-refractivity contribution is -0.147. The molecule has 1 aromatic rings. The largest absolute Gasteiger partial charge is 0.468 e. The van der Waals surface area contributed by atoms with Crippen molar-refractivity contribution >= 4 is 17.3 Å². The SMILES string of the molecule is CC.CC1=CC=CC1(C)C(C)C.COC(=O)C1(c2ccc(NCC(C)C)c(N)c2)CCCC1. The van der Waals surface area contributed by atoms with Crippen LogP contribution in [0.25, 0.3) is 0 Å². The molecule has 1 atom stereocenters. The van der Waals surface area contributed by atoms with E-state index in [2.05, 4.69) is 65.1 Å². The number of carbonyl (C=O) groups excluding carboxylic acids is 1. The number of benzene rings is 1. The van der Waals surface area contributed by atoms with Crippen molar-refractivity contribution in [2.45, 2.75) is 86.5 Å². The van der Waals surface area contributed by atoms with E-state index in [1.165, 1.54) is 12.7 Å². The highest BCUT2D eigenvalue weighted by Gasteiger charge is 2.44. The van der Waals surface area contributed by atoms with Gasteiger partial charge in [-0.2, -0.15) is 0 Å². The number of hydrogen-bond acceptors (Lipinski definition) is 4. The van der Waals surface area contributed by atoms with Crippen molar-refractivity contribution in [2.24, 2.45) is 17.3 Å². The van der Waals surface area contributed by atoms with Crippen LogP contribution >= 0.6 is 0 Å². The molecule has 3 rings (SSSR count). The number of ether oxygens (including phenoxy) is 1. The zero-order chi connectivity index (χ0) is 25.2. The van der Waals surface area contributed by atoms with Crippen molar-refractivity contribution in [3.8, 4) is 0 Å². The van der Waals surface area contributed by atoms with E-state index in [-0.39, 0.29) is 5.97 Å². The summed E-state index contributed by atoms with van der Waals surface area (Å²) in [5, 5.41) is 3.34. The van der Waals surface area contributed by atoms with Crippen LogP contribution < -0.4 is 11.1 Å². The number of nitrogens with one attached hydrogen (secondary N) is 1. The van der Waals surface area contributed by atoms with Gasteiger partial charge in [-0.15, -0.1) is 0 Å². The number of allylic oxidation sites excluding steroid dienone is 4. The molecule has 0 amide bonds. The molecule has 1 aromatic carbocycles. The third-order valence-corrected chi connectivity index (χ3v) is 7.18. The lowest BCUT2D eigenvalue weighted by Gasteiger charge is -2.28. The Balaban J connectivity index is 0.000000380. The van der Waals surface area contributed by atoms with Crippen molar-refractivity contribution in [2.75, 3.05) is 24.7 Å². The maximum absolute atomic E-state index is 12.3. The Bertz CT molecular complexity index is 817. The number of nitrogens with two attached hydrogens (primary N) is 1. The minimum absolute atomic E-state index is 0.137. The Kier molecular flexibility index (Phi) is 11.2. The Morgan fingerprint density at radius 2 is 1.76 bits per heavy atom. The van der Waals surface area contributed by atoms with Crippen molar-refractivity contribution in [3.63, 3.8) is 0 Å². The molecule has 0 bridgehead atoms. The monoisotopic (exact) mass is 456 g/mol. The number of methoxy groups -OCH3 is 1. The number of esters is 1. The van der Waals surface area contributed by atoms with Crippen molar-refractivity contribution in [3.05, 3.63) is 47.6 Å². The Morgan fingerprint density at radius 3 is 2.15 bits per heavy atom. The molecule has 1 saturated carbocycles. The Labute approximate surface area is 203 Å². The fourth-order valence-electron chi connectivity index (χ4n) is 4.47. The fourth-order valence-corrected chi connectivity index (χ4v) is 4.47. The van der Waals surface area contributed by atoms with Gasteiger partial charge in [-0.25, -0.2) is 0 Å². The van der Waals surface area contributed by atoms with Gasteiger partial charge in [-0.1, -0.05) is 91.2 Å². The second-order valence-corrected chi connectivity index (χ2v) is 10.0. The van der Waals surface area contributed by atoms with Crippen LogP contribution in [0.5, 0.6) is 0 Å². The first-order chi connectivity index (χ1) is 15.6. The van der Waals surface area contributed by atoms with E-state index in [9.17, 15) is 4.79 Å². The van der Waals surface area contributed by atoms with Gasteiger partial charge in [0, 0.05) is 12.0 Å². The van der Waals surface area contributed by atoms with Gasteiger partial charge in [0.05, 0.1) is 23.9 Å². The van der Waals surface area contributed by atoms with Crippen molar-refractivity contribution in [1.82, 2.24) is 0 Å². The first-order valence-corrected chi connectivity index (χ1v) is 12.7. The molecular formula is C29H48N2O2. The molecule has 4 heteroatoms. The second-order valence-electron chi connectivity index (χ2n) is 10.0. The molecule has 2 aliphatic carbocycles. The molecule has 186 valence electrons. The summed E-state index contributed by atoms with van der Waals surface area (Å²) < 4.78 is 5.05. The maximum atomic E-state index is 12.3. The van der Waals surface area contributed by atoms with Crippen LogP contribution in [0, 0.1) is 17.3 Å². The van der Waals surface area contributed by atoms with Gasteiger partial charge in [0.25, 0.3) is 0 Å². The summed E-state index contributed by atoms with van der Waals surface area (Å²) in [4.78, 5) is 12.3. The molecule has 2 aliphatic rings. The summed E-state index contributed by atoms with van der Waals surface area (Å²) in [7, 11) is 1.46. The van der Waals surface area contributed by atoms with Gasteiger partial charge in [0.1, 0.15) is 0 Å². The molecular weight excluding hydrogens is 408 g/mol. The summed E-state index contributed by atoms with van der Waals surface area (Å²) >= 11 is 0. The number of carbonyl (C=O) groups is 1. The molecule has 1 fully saturated rings. The van der Waals surface area contributed by atoms with Gasteiger partial charge in [-0.3, -0.25) is 4.79 Å². The molecule has 3 N–H and O–H groups in total. The molecule has 1 unspecified atom stereocenters. The van der Waals surface area contributed by atoms with Crippen LogP contribution in [0.15, 0.2) is 42.0 Å². The minimum atomic E-state index is -0.501. The zero-order valence-electron chi connectivity index (χ0n) is 22.5. The van der Waals surface area contributed by atoms with Crippen molar-refractivity contribution in [1.29, 1.82) is 0 Å². The topological polar surface area (TPSA) is 64.3 Å². The van der Waals surface area contributed by atoms with Crippen LogP contribution in [-0.4, -0.2) is 19.6 Å². The molecule has 4 nitrogen and oxygen atoms in total. The summed E-state index contributed by atoms with van der Waals surface area (Å²) in [6.07, 6.45) is 10.5. The third kappa shape index (κ3) is 6.88. The summed E-state index contributed by atoms with van der Waals surface area (Å²) in [5.41, 5.74) is 10.1. The van der Waals surface area contributed by atoms with E-state index < -0.39 is 5.41 Å². The Hall–Kier alpha value is -2.23. The van der Waals surface area contributed by atoms with Crippen LogP contribution in [0.2, 0.25) is 0 Å². The van der Waals surface area contributed by atoms with Crippen molar-refractivity contribution < 1.29 is 9.53 Å². The number of rotatable bonds is 6. The predicted molar refractivity (Wildman–Crippen MR) is 144 cm³/mol. The van der Waals surface area contributed by atoms with E-state index in [4.69, 9.17) is 10.5 Å². The van der Waals surface area contributed by atoms with Crippen LogP contribution in [0.3, 0.4) is 0 Å². The van der Waals surface area contributed by atoms with E-state index in [0.717, 1.165) is 43.5 Å². The number of anilines is 2.